The van der Waals surface area contributed by atoms with Crippen LogP contribution in [0.25, 0.3) is 0 Å². The van der Waals surface area contributed by atoms with Crippen molar-refractivity contribution in [2.45, 2.75) is 0 Å². The fourth-order valence-electron chi connectivity index (χ4n) is 1.37. The third-order valence-electron chi connectivity index (χ3n) is 1.45. The summed E-state index contributed by atoms with van der Waals surface area (Å²) in [6.07, 6.45) is 0. The molecular weight excluding hydrogens is 194 g/mol. The van der Waals surface area contributed by atoms with Crippen LogP contribution in [0.4, 0.5) is 0 Å². The molecule has 0 aromatic heterocycles. The Bertz CT molecular complexity index is 73.2. The van der Waals surface area contributed by atoms with E-state index in [1.54, 1.807) is 0 Å². The van der Waals surface area contributed by atoms with Crippen LogP contribution in [0.2, 0.25) is 0 Å². The molecule has 0 aromatic carbocycles. The number of hydrogen-bond donors (Lipinski definition) is 0. The van der Waals surface area contributed by atoms with E-state index in [1.165, 1.54) is 37.9 Å². The number of hydrogen-bond acceptors (Lipinski definition) is 3. The van der Waals surface area contributed by atoms with Gasteiger partial charge in [-0.3, -0.25) is 0 Å². The Balaban J connectivity index is 2.34. The van der Waals surface area contributed by atoms with Gasteiger partial charge in [-0.25, -0.2) is 0 Å². The summed E-state index contributed by atoms with van der Waals surface area (Å²) in [4.78, 5) is 0. The topological polar surface area (TPSA) is 9.72 Å². The zero-order valence-electron chi connectivity index (χ0n) is 6.46. The smallest absolute Gasteiger partial charge is 0.153 e. The molecule has 0 atom stereocenters. The normalized spacial score (nSPS) is 33.3. The van der Waals surface area contributed by atoms with E-state index < -0.39 is 0 Å². The molecule has 0 N–H and O–H groups in total. The highest BCUT2D eigenvalue weighted by Gasteiger charge is 2.13. The van der Waals surface area contributed by atoms with Crippen LogP contribution in [-0.4, -0.2) is 69.9 Å². The molecule has 1 fully saturated rings. The second-order valence-corrected chi connectivity index (χ2v) is 17.6. The van der Waals surface area contributed by atoms with Gasteiger partial charge in [-0.1, -0.05) is 0 Å². The summed E-state index contributed by atoms with van der Waals surface area (Å²) in [6, 6.07) is 0. The van der Waals surface area contributed by atoms with Crippen molar-refractivity contribution in [2.24, 2.45) is 0 Å². The quantitative estimate of drug-likeness (QED) is 0.368. The summed E-state index contributed by atoms with van der Waals surface area (Å²) in [5, 5.41) is 0. The Labute approximate surface area is 70.2 Å². The molecule has 9 heavy (non-hydrogen) atoms. The highest BCUT2D eigenvalue weighted by Crippen LogP contribution is 1.92. The predicted molar refractivity (Wildman–Crippen MR) is 57.3 cm³/mol. The van der Waals surface area contributed by atoms with E-state index in [0.29, 0.717) is 0 Å². The van der Waals surface area contributed by atoms with Gasteiger partial charge in [-0.15, -0.1) is 0 Å². The predicted octanol–water partition coefficient (Wildman–Crippen LogP) is -6.30. The molecule has 0 radical (unpaired) electrons. The van der Waals surface area contributed by atoms with Gasteiger partial charge in [0.25, 0.3) is 0 Å². The second kappa shape index (κ2) is 3.38. The van der Waals surface area contributed by atoms with E-state index >= 15 is 0 Å². The maximum Gasteiger partial charge on any atom is 0.153 e. The Hall–Kier alpha value is 0.964. The first kappa shape index (κ1) is 8.06. The monoisotopic (exact) mass is 209 g/mol. The fraction of sp³-hybridized carbons (Fsp3) is 1.00. The lowest BCUT2D eigenvalue weighted by atomic mass is 11.3. The first-order chi connectivity index (χ1) is 4.18. The lowest BCUT2D eigenvalue weighted by molar-refractivity contribution is 0.486. The molecule has 8 heteroatoms. The molecule has 1 aliphatic heterocycles. The molecule has 0 unspecified atom stereocenters. The average Bonchev–Trinajstić information content (AvgIpc) is 1.59. The Morgan fingerprint density at radius 2 is 1.44 bits per heavy atom. The molecule has 1 saturated heterocycles. The van der Waals surface area contributed by atoms with Crippen molar-refractivity contribution in [3.05, 3.63) is 0 Å². The molecule has 0 aromatic rings. The minimum absolute atomic E-state index is 0.158. The lowest BCUT2D eigenvalue weighted by Gasteiger charge is -2.37. The number of nitrogens with zero attached hydrogens (tertiary/aromatic N) is 3. The van der Waals surface area contributed by atoms with Crippen LogP contribution in [0.5, 0.6) is 0 Å². The minimum atomic E-state index is 0.158. The van der Waals surface area contributed by atoms with Crippen molar-refractivity contribution < 1.29 is 0 Å². The van der Waals surface area contributed by atoms with Crippen LogP contribution in [0.3, 0.4) is 0 Å². The van der Waals surface area contributed by atoms with E-state index in [4.69, 9.17) is 0 Å². The van der Waals surface area contributed by atoms with Gasteiger partial charge in [0.2, 0.25) is 0 Å². The van der Waals surface area contributed by atoms with Gasteiger partial charge < -0.3 is 12.4 Å². The molecule has 0 saturated carbocycles. The van der Waals surface area contributed by atoms with Crippen LogP contribution in [0.15, 0.2) is 0 Å². The molecule has 0 amide bonds. The molecule has 1 heterocycles. The highest BCUT2D eigenvalue weighted by molar-refractivity contribution is 6.63. The van der Waals surface area contributed by atoms with Gasteiger partial charge in [0.1, 0.15) is 0 Å². The van der Waals surface area contributed by atoms with Crippen LogP contribution in [0, 0.1) is 0 Å². The van der Waals surface area contributed by atoms with Crippen molar-refractivity contribution in [3.8, 4) is 0 Å². The Kier molecular flexibility index (Phi) is 3.03. The summed E-state index contributed by atoms with van der Waals surface area (Å²) in [5.74, 6) is 0. The van der Waals surface area contributed by atoms with Gasteiger partial charge in [0, 0.05) is 6.67 Å². The van der Waals surface area contributed by atoms with Gasteiger partial charge in [0.15, 0.2) is 19.7 Å². The average molecular weight is 210 g/mol. The van der Waals surface area contributed by atoms with E-state index in [1.807, 2.05) is 0 Å². The van der Waals surface area contributed by atoms with Crippen molar-refractivity contribution >= 4 is 50.9 Å². The summed E-state index contributed by atoms with van der Waals surface area (Å²) in [7, 11) is 4.27. The maximum absolute atomic E-state index is 2.77. The Morgan fingerprint density at radius 1 is 1.00 bits per heavy atom. The van der Waals surface area contributed by atoms with E-state index in [0.717, 1.165) is 0 Å². The molecule has 3 nitrogen and oxygen atoms in total. The van der Waals surface area contributed by atoms with Gasteiger partial charge in [0.05, 0.1) is 31.2 Å². The second-order valence-electron chi connectivity index (χ2n) is 2.99. The largest absolute Gasteiger partial charge is 0.362 e. The van der Waals surface area contributed by atoms with Gasteiger partial charge in [-0.2, -0.15) is 0 Å². The summed E-state index contributed by atoms with van der Waals surface area (Å²) in [5.41, 5.74) is 0. The Morgan fingerprint density at radius 3 is 1.78 bits per heavy atom. The van der Waals surface area contributed by atoms with Gasteiger partial charge >= 0.3 is 0 Å². The maximum atomic E-state index is 2.77. The van der Waals surface area contributed by atoms with Crippen LogP contribution >= 0.6 is 0 Å². The van der Waals surface area contributed by atoms with Crippen LogP contribution < -0.4 is 0 Å². The van der Waals surface area contributed by atoms with E-state index in [-0.39, 0.29) is 19.7 Å². The van der Waals surface area contributed by atoms with Crippen molar-refractivity contribution in [2.75, 3.05) is 6.67 Å². The third kappa shape index (κ3) is 2.59. The molecule has 1 rings (SSSR count). The van der Waals surface area contributed by atoms with Crippen LogP contribution in [0.1, 0.15) is 0 Å². The molecular formula is CH15N3Si5. The zero-order valence-corrected chi connectivity index (χ0v) is 15.3. The van der Waals surface area contributed by atoms with E-state index in [9.17, 15) is 0 Å². The molecule has 0 spiro atoms. The van der Waals surface area contributed by atoms with Crippen molar-refractivity contribution in [1.29, 1.82) is 0 Å². The lowest BCUT2D eigenvalue weighted by Crippen LogP contribution is -2.56. The van der Waals surface area contributed by atoms with Gasteiger partial charge in [-0.05, 0) is 0 Å². The fourth-order valence-corrected chi connectivity index (χ4v) is 20.5. The van der Waals surface area contributed by atoms with Crippen LogP contribution in [-0.2, 0) is 0 Å². The number of rotatable bonds is 0. The summed E-state index contributed by atoms with van der Waals surface area (Å²) >= 11 is 0. The molecule has 0 bridgehead atoms. The third-order valence-corrected chi connectivity index (χ3v) is 8.94. The van der Waals surface area contributed by atoms with Crippen molar-refractivity contribution in [1.82, 2.24) is 12.4 Å². The standard InChI is InChI=1S/CH15N3Si5/c5-2-1-3(6)9-4(7)8-2/h1,8-9H2,5-7H3. The highest BCUT2D eigenvalue weighted by atomic mass is 28.4. The summed E-state index contributed by atoms with van der Waals surface area (Å²) in [6.45, 7) is 1.36. The van der Waals surface area contributed by atoms with Crippen molar-refractivity contribution in [3.63, 3.8) is 0 Å². The van der Waals surface area contributed by atoms with E-state index in [2.05, 4.69) is 12.4 Å². The first-order valence-corrected chi connectivity index (χ1v) is 8.45. The minimum Gasteiger partial charge on any atom is -0.362 e. The molecule has 0 aliphatic carbocycles. The zero-order chi connectivity index (χ0) is 6.85. The molecule has 54 valence electrons. The first-order valence-electron chi connectivity index (χ1n) is 3.24. The SMILES string of the molecule is [SiH3]N1CN([SiH3])[SiH2]N([SiH3])[SiH2]1. The molecule has 1 aliphatic rings. The summed E-state index contributed by atoms with van der Waals surface area (Å²) < 4.78 is 8.09.